The van der Waals surface area contributed by atoms with E-state index in [9.17, 15) is 0 Å². The highest BCUT2D eigenvalue weighted by Gasteiger charge is 2.20. The SMILES string of the molecule is CC(C)NCCC(C)(C)c1cnc2ccccc2c1. The monoisotopic (exact) mass is 256 g/mol. The maximum Gasteiger partial charge on any atom is 0.0702 e. The van der Waals surface area contributed by atoms with Crippen molar-refractivity contribution in [3.8, 4) is 0 Å². The van der Waals surface area contributed by atoms with Gasteiger partial charge in [0.25, 0.3) is 0 Å². The molecule has 0 fully saturated rings. The number of pyridine rings is 1. The van der Waals surface area contributed by atoms with Crippen molar-refractivity contribution in [2.75, 3.05) is 6.54 Å². The van der Waals surface area contributed by atoms with Crippen LogP contribution in [0.1, 0.15) is 39.7 Å². The van der Waals surface area contributed by atoms with Crippen molar-refractivity contribution in [1.29, 1.82) is 0 Å². The minimum Gasteiger partial charge on any atom is -0.315 e. The summed E-state index contributed by atoms with van der Waals surface area (Å²) in [6, 6.07) is 11.1. The van der Waals surface area contributed by atoms with Crippen molar-refractivity contribution in [3.63, 3.8) is 0 Å². The van der Waals surface area contributed by atoms with Gasteiger partial charge in [0.2, 0.25) is 0 Å². The normalized spacial score (nSPS) is 12.3. The van der Waals surface area contributed by atoms with Crippen LogP contribution in [0.25, 0.3) is 10.9 Å². The summed E-state index contributed by atoms with van der Waals surface area (Å²) >= 11 is 0. The Hall–Kier alpha value is -1.41. The second kappa shape index (κ2) is 5.70. The van der Waals surface area contributed by atoms with Crippen LogP contribution in [-0.2, 0) is 5.41 Å². The fourth-order valence-electron chi connectivity index (χ4n) is 2.26. The molecule has 0 atom stereocenters. The van der Waals surface area contributed by atoms with E-state index in [-0.39, 0.29) is 5.41 Å². The molecule has 0 radical (unpaired) electrons. The Bertz CT molecular complexity index is 544. The molecule has 0 aliphatic carbocycles. The Balaban J connectivity index is 2.17. The highest BCUT2D eigenvalue weighted by molar-refractivity contribution is 5.78. The van der Waals surface area contributed by atoms with E-state index < -0.39 is 0 Å². The molecule has 0 aliphatic heterocycles. The van der Waals surface area contributed by atoms with Crippen molar-refractivity contribution in [2.24, 2.45) is 0 Å². The third kappa shape index (κ3) is 3.54. The number of nitrogens with zero attached hydrogens (tertiary/aromatic N) is 1. The molecule has 0 aliphatic rings. The lowest BCUT2D eigenvalue weighted by Gasteiger charge is -2.26. The van der Waals surface area contributed by atoms with Crippen molar-refractivity contribution < 1.29 is 0 Å². The van der Waals surface area contributed by atoms with Gasteiger partial charge < -0.3 is 5.32 Å². The lowest BCUT2D eigenvalue weighted by Crippen LogP contribution is -2.29. The molecule has 0 spiro atoms. The molecule has 19 heavy (non-hydrogen) atoms. The molecular weight excluding hydrogens is 232 g/mol. The molecule has 102 valence electrons. The number of hydrogen-bond acceptors (Lipinski definition) is 2. The third-order valence-electron chi connectivity index (χ3n) is 3.67. The summed E-state index contributed by atoms with van der Waals surface area (Å²) < 4.78 is 0. The van der Waals surface area contributed by atoms with Gasteiger partial charge in [0, 0.05) is 17.6 Å². The number of nitrogens with one attached hydrogen (secondary N) is 1. The van der Waals surface area contributed by atoms with E-state index in [1.54, 1.807) is 0 Å². The molecule has 1 N–H and O–H groups in total. The third-order valence-corrected chi connectivity index (χ3v) is 3.67. The van der Waals surface area contributed by atoms with Crippen LogP contribution in [0.5, 0.6) is 0 Å². The summed E-state index contributed by atoms with van der Waals surface area (Å²) in [5.41, 5.74) is 2.54. The van der Waals surface area contributed by atoms with E-state index in [1.807, 2.05) is 12.3 Å². The van der Waals surface area contributed by atoms with Crippen LogP contribution in [0.2, 0.25) is 0 Å². The molecule has 2 aromatic rings. The van der Waals surface area contributed by atoms with Crippen molar-refractivity contribution >= 4 is 10.9 Å². The molecule has 0 bridgehead atoms. The summed E-state index contributed by atoms with van der Waals surface area (Å²) in [6.45, 7) is 9.99. The van der Waals surface area contributed by atoms with Crippen LogP contribution >= 0.6 is 0 Å². The van der Waals surface area contributed by atoms with Crippen LogP contribution in [0.3, 0.4) is 0 Å². The zero-order valence-electron chi connectivity index (χ0n) is 12.4. The number of para-hydroxylation sites is 1. The predicted molar refractivity (Wildman–Crippen MR) is 82.5 cm³/mol. The fourth-order valence-corrected chi connectivity index (χ4v) is 2.26. The Kier molecular flexibility index (Phi) is 4.20. The molecular formula is C17H24N2. The van der Waals surface area contributed by atoms with Gasteiger partial charge >= 0.3 is 0 Å². The van der Waals surface area contributed by atoms with Crippen molar-refractivity contribution in [2.45, 2.75) is 45.6 Å². The molecule has 2 rings (SSSR count). The summed E-state index contributed by atoms with van der Waals surface area (Å²) in [4.78, 5) is 4.57. The average Bonchev–Trinajstić information content (AvgIpc) is 2.37. The maximum atomic E-state index is 4.57. The first-order valence-corrected chi connectivity index (χ1v) is 7.08. The van der Waals surface area contributed by atoms with Crippen LogP contribution in [-0.4, -0.2) is 17.6 Å². The van der Waals surface area contributed by atoms with Crippen LogP contribution in [0, 0.1) is 0 Å². The molecule has 0 amide bonds. The highest BCUT2D eigenvalue weighted by atomic mass is 14.9. The Morgan fingerprint density at radius 3 is 2.68 bits per heavy atom. The number of fused-ring (bicyclic) bond motifs is 1. The fraction of sp³-hybridized carbons (Fsp3) is 0.471. The van der Waals surface area contributed by atoms with Gasteiger partial charge in [-0.3, -0.25) is 4.98 Å². The molecule has 1 aromatic heterocycles. The van der Waals surface area contributed by atoms with Crippen molar-refractivity contribution in [1.82, 2.24) is 10.3 Å². The van der Waals surface area contributed by atoms with Crippen LogP contribution in [0.15, 0.2) is 36.5 Å². The van der Waals surface area contributed by atoms with Gasteiger partial charge in [0.1, 0.15) is 0 Å². The highest BCUT2D eigenvalue weighted by Crippen LogP contribution is 2.28. The van der Waals surface area contributed by atoms with E-state index in [0.29, 0.717) is 6.04 Å². The molecule has 0 saturated heterocycles. The zero-order valence-corrected chi connectivity index (χ0v) is 12.4. The minimum absolute atomic E-state index is 0.152. The Morgan fingerprint density at radius 2 is 1.95 bits per heavy atom. The minimum atomic E-state index is 0.152. The second-order valence-electron chi connectivity index (χ2n) is 6.16. The first-order chi connectivity index (χ1) is 8.99. The lowest BCUT2D eigenvalue weighted by atomic mass is 9.82. The molecule has 0 saturated carbocycles. The number of hydrogen-bond donors (Lipinski definition) is 1. The lowest BCUT2D eigenvalue weighted by molar-refractivity contribution is 0.441. The van der Waals surface area contributed by atoms with Gasteiger partial charge in [-0.15, -0.1) is 0 Å². The molecule has 1 aromatic carbocycles. The summed E-state index contributed by atoms with van der Waals surface area (Å²) in [5.74, 6) is 0. The van der Waals surface area contributed by atoms with E-state index in [1.165, 1.54) is 10.9 Å². The zero-order chi connectivity index (χ0) is 13.9. The van der Waals surface area contributed by atoms with E-state index in [4.69, 9.17) is 0 Å². The van der Waals surface area contributed by atoms with Crippen molar-refractivity contribution in [3.05, 3.63) is 42.1 Å². The van der Waals surface area contributed by atoms with Crippen LogP contribution in [0.4, 0.5) is 0 Å². The second-order valence-corrected chi connectivity index (χ2v) is 6.16. The van der Waals surface area contributed by atoms with Gasteiger partial charge in [0.05, 0.1) is 5.52 Å². The van der Waals surface area contributed by atoms with E-state index in [2.05, 4.69) is 62.3 Å². The first kappa shape index (κ1) is 14.0. The largest absolute Gasteiger partial charge is 0.315 e. The quantitative estimate of drug-likeness (QED) is 0.877. The molecule has 1 heterocycles. The first-order valence-electron chi connectivity index (χ1n) is 7.08. The van der Waals surface area contributed by atoms with E-state index >= 15 is 0 Å². The van der Waals surface area contributed by atoms with Gasteiger partial charge in [-0.1, -0.05) is 45.9 Å². The van der Waals surface area contributed by atoms with Crippen LogP contribution < -0.4 is 5.32 Å². The van der Waals surface area contributed by atoms with Gasteiger partial charge in [0.15, 0.2) is 0 Å². The summed E-state index contributed by atoms with van der Waals surface area (Å²) in [6.07, 6.45) is 3.14. The van der Waals surface area contributed by atoms with Gasteiger partial charge in [-0.2, -0.15) is 0 Å². The number of rotatable bonds is 5. The summed E-state index contributed by atoms with van der Waals surface area (Å²) in [7, 11) is 0. The molecule has 2 heteroatoms. The topological polar surface area (TPSA) is 24.9 Å². The smallest absolute Gasteiger partial charge is 0.0702 e. The molecule has 2 nitrogen and oxygen atoms in total. The molecule has 0 unspecified atom stereocenters. The number of aromatic nitrogens is 1. The standard InChI is InChI=1S/C17H24N2/c1-13(2)18-10-9-17(3,4)15-11-14-7-5-6-8-16(14)19-12-15/h5-8,11-13,18H,9-10H2,1-4H3. The number of benzene rings is 1. The average molecular weight is 256 g/mol. The predicted octanol–water partition coefficient (Wildman–Crippen LogP) is 3.90. The Labute approximate surface area is 116 Å². The maximum absolute atomic E-state index is 4.57. The summed E-state index contributed by atoms with van der Waals surface area (Å²) in [5, 5.41) is 4.71. The van der Waals surface area contributed by atoms with Gasteiger partial charge in [-0.05, 0) is 36.1 Å². The van der Waals surface area contributed by atoms with Gasteiger partial charge in [-0.25, -0.2) is 0 Å². The van der Waals surface area contributed by atoms with E-state index in [0.717, 1.165) is 18.5 Å². The Morgan fingerprint density at radius 1 is 1.21 bits per heavy atom.